The maximum atomic E-state index is 5.01. The van der Waals surface area contributed by atoms with E-state index < -0.39 is 5.54 Å². The summed E-state index contributed by atoms with van der Waals surface area (Å²) in [5, 5.41) is 12.9. The SMILES string of the molecule is c1ccc(Sc2nnc(Cc3cccc4ccccc34)n2CCCc2cn(C(c3ccccc3)(c3ccccc3)c3ccccc3)cn2)cc1. The van der Waals surface area contributed by atoms with E-state index in [4.69, 9.17) is 15.2 Å². The Balaban J connectivity index is 1.11. The van der Waals surface area contributed by atoms with Gasteiger partial charge in [-0.1, -0.05) is 152 Å². The van der Waals surface area contributed by atoms with Gasteiger partial charge in [0.05, 0.1) is 12.0 Å². The average Bonchev–Trinajstić information content (AvgIpc) is 3.81. The van der Waals surface area contributed by atoms with Crippen LogP contribution in [0.5, 0.6) is 0 Å². The van der Waals surface area contributed by atoms with Crippen LogP contribution in [0.2, 0.25) is 0 Å². The summed E-state index contributed by atoms with van der Waals surface area (Å²) in [6.45, 7) is 0.788. The van der Waals surface area contributed by atoms with Gasteiger partial charge in [0.2, 0.25) is 0 Å². The van der Waals surface area contributed by atoms with E-state index in [9.17, 15) is 0 Å². The molecule has 5 nitrogen and oxygen atoms in total. The second-order valence-corrected chi connectivity index (χ2v) is 13.5. The van der Waals surface area contributed by atoms with Crippen molar-refractivity contribution in [3.63, 3.8) is 0 Å². The van der Waals surface area contributed by atoms with Crippen molar-refractivity contribution in [3.05, 3.63) is 210 Å². The molecule has 0 radical (unpaired) electrons. The molecular formula is C44H37N5S. The lowest BCUT2D eigenvalue weighted by atomic mass is 9.77. The highest BCUT2D eigenvalue weighted by atomic mass is 32.2. The fraction of sp³-hybridized carbons (Fsp3) is 0.114. The Morgan fingerprint density at radius 2 is 1.16 bits per heavy atom. The highest BCUT2D eigenvalue weighted by Gasteiger charge is 2.38. The molecule has 0 spiro atoms. The van der Waals surface area contributed by atoms with Gasteiger partial charge in [-0.05, 0) is 69.8 Å². The summed E-state index contributed by atoms with van der Waals surface area (Å²) >= 11 is 1.67. The van der Waals surface area contributed by atoms with Crippen LogP contribution >= 0.6 is 11.8 Å². The molecule has 0 aliphatic heterocycles. The number of imidazole rings is 1. The molecule has 0 aliphatic rings. The van der Waals surface area contributed by atoms with E-state index in [2.05, 4.69) is 173 Å². The molecule has 244 valence electrons. The van der Waals surface area contributed by atoms with Crippen LogP contribution in [0.1, 0.15) is 40.2 Å². The number of aryl methyl sites for hydroxylation is 1. The lowest BCUT2D eigenvalue weighted by Crippen LogP contribution is -2.36. The Labute approximate surface area is 297 Å². The molecule has 0 saturated heterocycles. The summed E-state index contributed by atoms with van der Waals surface area (Å²) in [4.78, 5) is 6.16. The third-order valence-corrected chi connectivity index (χ3v) is 10.4. The predicted molar refractivity (Wildman–Crippen MR) is 202 cm³/mol. The van der Waals surface area contributed by atoms with Gasteiger partial charge in [0.15, 0.2) is 5.16 Å². The van der Waals surface area contributed by atoms with E-state index in [1.165, 1.54) is 33.0 Å². The molecule has 0 fully saturated rings. The van der Waals surface area contributed by atoms with Gasteiger partial charge in [0.25, 0.3) is 0 Å². The molecule has 8 aromatic rings. The minimum absolute atomic E-state index is 0.575. The summed E-state index contributed by atoms with van der Waals surface area (Å²) in [6, 6.07) is 57.7. The van der Waals surface area contributed by atoms with Crippen molar-refractivity contribution in [2.45, 2.75) is 41.4 Å². The van der Waals surface area contributed by atoms with Crippen LogP contribution in [0.4, 0.5) is 0 Å². The van der Waals surface area contributed by atoms with Crippen molar-refractivity contribution in [2.24, 2.45) is 0 Å². The van der Waals surface area contributed by atoms with Gasteiger partial charge >= 0.3 is 0 Å². The highest BCUT2D eigenvalue weighted by Crippen LogP contribution is 2.41. The van der Waals surface area contributed by atoms with Crippen molar-refractivity contribution in [1.82, 2.24) is 24.3 Å². The first-order valence-electron chi connectivity index (χ1n) is 17.1. The van der Waals surface area contributed by atoms with Crippen LogP contribution < -0.4 is 0 Å². The number of hydrogen-bond acceptors (Lipinski definition) is 4. The number of rotatable bonds is 12. The normalized spacial score (nSPS) is 11.6. The Bertz CT molecular complexity index is 2200. The maximum Gasteiger partial charge on any atom is 0.196 e. The molecule has 8 rings (SSSR count). The third-order valence-electron chi connectivity index (χ3n) is 9.39. The largest absolute Gasteiger partial charge is 0.319 e. The molecule has 2 aromatic heterocycles. The van der Waals surface area contributed by atoms with Gasteiger partial charge in [-0.25, -0.2) is 4.98 Å². The van der Waals surface area contributed by atoms with Gasteiger partial charge in [-0.2, -0.15) is 0 Å². The molecule has 50 heavy (non-hydrogen) atoms. The molecule has 0 unspecified atom stereocenters. The van der Waals surface area contributed by atoms with E-state index in [0.29, 0.717) is 6.42 Å². The summed E-state index contributed by atoms with van der Waals surface area (Å²) in [6.07, 6.45) is 6.67. The number of hydrogen-bond donors (Lipinski definition) is 0. The molecule has 2 heterocycles. The molecule has 0 atom stereocenters. The molecule has 6 heteroatoms. The smallest absolute Gasteiger partial charge is 0.196 e. The van der Waals surface area contributed by atoms with Gasteiger partial charge < -0.3 is 9.13 Å². The minimum atomic E-state index is -0.575. The Morgan fingerprint density at radius 3 is 1.82 bits per heavy atom. The molecule has 6 aromatic carbocycles. The molecule has 0 bridgehead atoms. The summed E-state index contributed by atoms with van der Waals surface area (Å²) in [5.41, 5.74) is 5.29. The van der Waals surface area contributed by atoms with Crippen LogP contribution in [0, 0.1) is 0 Å². The molecule has 0 amide bonds. The first kappa shape index (κ1) is 31.5. The Hall–Kier alpha value is -5.72. The van der Waals surface area contributed by atoms with E-state index in [-0.39, 0.29) is 0 Å². The number of benzene rings is 6. The fourth-order valence-electron chi connectivity index (χ4n) is 7.04. The van der Waals surface area contributed by atoms with Crippen molar-refractivity contribution < 1.29 is 0 Å². The predicted octanol–water partition coefficient (Wildman–Crippen LogP) is 9.84. The fourth-order valence-corrected chi connectivity index (χ4v) is 7.93. The summed E-state index contributed by atoms with van der Waals surface area (Å²) in [5.74, 6) is 0.974. The number of aromatic nitrogens is 5. The van der Waals surface area contributed by atoms with Crippen LogP contribution in [0.3, 0.4) is 0 Å². The van der Waals surface area contributed by atoms with Gasteiger partial charge in [-0.3, -0.25) is 0 Å². The monoisotopic (exact) mass is 667 g/mol. The van der Waals surface area contributed by atoms with Crippen LogP contribution in [-0.4, -0.2) is 24.3 Å². The highest BCUT2D eigenvalue weighted by molar-refractivity contribution is 7.99. The summed E-state index contributed by atoms with van der Waals surface area (Å²) in [7, 11) is 0. The Morgan fingerprint density at radius 1 is 0.580 bits per heavy atom. The molecular weight excluding hydrogens is 631 g/mol. The van der Waals surface area contributed by atoms with E-state index in [1.807, 2.05) is 12.4 Å². The molecule has 0 aliphatic carbocycles. The Kier molecular flexibility index (Phi) is 9.09. The van der Waals surface area contributed by atoms with Gasteiger partial charge in [-0.15, -0.1) is 10.2 Å². The summed E-state index contributed by atoms with van der Waals surface area (Å²) < 4.78 is 4.60. The van der Waals surface area contributed by atoms with Crippen LogP contribution in [-0.2, 0) is 24.9 Å². The second kappa shape index (κ2) is 14.4. The van der Waals surface area contributed by atoms with Crippen molar-refractivity contribution in [3.8, 4) is 0 Å². The maximum absolute atomic E-state index is 5.01. The molecule has 0 N–H and O–H groups in total. The topological polar surface area (TPSA) is 48.5 Å². The van der Waals surface area contributed by atoms with E-state index in [1.54, 1.807) is 11.8 Å². The lowest BCUT2D eigenvalue weighted by Gasteiger charge is -2.37. The first-order chi connectivity index (χ1) is 24.8. The van der Waals surface area contributed by atoms with Crippen LogP contribution in [0.15, 0.2) is 186 Å². The van der Waals surface area contributed by atoms with E-state index in [0.717, 1.165) is 41.0 Å². The first-order valence-corrected chi connectivity index (χ1v) is 17.9. The molecule has 0 saturated carbocycles. The quantitative estimate of drug-likeness (QED) is 0.122. The van der Waals surface area contributed by atoms with Crippen LogP contribution in [0.25, 0.3) is 10.8 Å². The number of fused-ring (bicyclic) bond motifs is 1. The number of nitrogens with zero attached hydrogens (tertiary/aromatic N) is 5. The van der Waals surface area contributed by atoms with Gasteiger partial charge in [0.1, 0.15) is 11.4 Å². The zero-order valence-corrected chi connectivity index (χ0v) is 28.5. The lowest BCUT2D eigenvalue weighted by molar-refractivity contribution is 0.513. The minimum Gasteiger partial charge on any atom is -0.319 e. The van der Waals surface area contributed by atoms with E-state index >= 15 is 0 Å². The van der Waals surface area contributed by atoms with Crippen molar-refractivity contribution >= 4 is 22.5 Å². The zero-order chi connectivity index (χ0) is 33.6. The van der Waals surface area contributed by atoms with Crippen molar-refractivity contribution in [2.75, 3.05) is 0 Å². The van der Waals surface area contributed by atoms with Gasteiger partial charge in [0, 0.05) is 24.1 Å². The second-order valence-electron chi connectivity index (χ2n) is 12.5. The zero-order valence-electron chi connectivity index (χ0n) is 27.7. The third kappa shape index (κ3) is 6.26. The average molecular weight is 668 g/mol. The standard InChI is InChI=1S/C44H37N5S/c1-5-20-36(21-6-1)44(37-22-7-2-8-23-37,38-24-9-3-10-25-38)48-32-39(45-33-48)26-16-30-49-42(46-47-43(49)50-40-27-11-4-12-28-40)31-35-19-15-18-34-17-13-14-29-41(34)35/h1-15,17-25,27-29,32-33H,16,26,30-31H2. The van der Waals surface area contributed by atoms with Crippen molar-refractivity contribution in [1.29, 1.82) is 0 Å².